The van der Waals surface area contributed by atoms with Crippen molar-refractivity contribution >= 4 is 5.82 Å². The van der Waals surface area contributed by atoms with E-state index in [9.17, 15) is 0 Å². The minimum absolute atomic E-state index is 0.0555. The van der Waals surface area contributed by atoms with E-state index in [2.05, 4.69) is 57.7 Å². The number of hydrogen-bond donors (Lipinski definition) is 0. The molecule has 2 atom stereocenters. The number of likely N-dealkylation sites (tertiary alicyclic amines) is 1. The molecule has 2 aliphatic heterocycles. The summed E-state index contributed by atoms with van der Waals surface area (Å²) in [6.07, 6.45) is 7.52. The molecule has 0 aromatic carbocycles. The predicted molar refractivity (Wildman–Crippen MR) is 114 cm³/mol. The highest BCUT2D eigenvalue weighted by Crippen LogP contribution is 2.36. The molecular weight excluding hydrogens is 360 g/mol. The van der Waals surface area contributed by atoms with Crippen molar-refractivity contribution in [3.8, 4) is 0 Å². The van der Waals surface area contributed by atoms with Crippen LogP contribution >= 0.6 is 0 Å². The van der Waals surface area contributed by atoms with Gasteiger partial charge in [-0.3, -0.25) is 4.90 Å². The maximum atomic E-state index is 4.87. The van der Waals surface area contributed by atoms with Gasteiger partial charge in [-0.15, -0.1) is 0 Å². The summed E-state index contributed by atoms with van der Waals surface area (Å²) in [5.41, 5.74) is 2.36. The Morgan fingerprint density at radius 2 is 1.76 bits per heavy atom. The topological polar surface area (TPSA) is 58.0 Å². The summed E-state index contributed by atoms with van der Waals surface area (Å²) in [6, 6.07) is 4.28. The largest absolute Gasteiger partial charge is 0.356 e. The Bertz CT molecular complexity index is 858. The summed E-state index contributed by atoms with van der Waals surface area (Å²) >= 11 is 0. The van der Waals surface area contributed by atoms with E-state index in [1.54, 1.807) is 6.33 Å². The first-order valence-electron chi connectivity index (χ1n) is 11.1. The number of hydrogen-bond acceptors (Lipinski definition) is 6. The second-order valence-electron chi connectivity index (χ2n) is 10.2. The van der Waals surface area contributed by atoms with Crippen molar-refractivity contribution in [2.24, 2.45) is 11.8 Å². The standard InChI is InChI=1S/C23H32N6/c1-23(2,3)20-9-21(26-15-25-20)29-12-17-10-28(11-18(17)13-29)14-19-7-8-24-22(27-19)16-5-4-6-16/h7-9,15-18H,4-6,10-14H2,1-3H3. The first-order valence-corrected chi connectivity index (χ1v) is 11.1. The smallest absolute Gasteiger partial charge is 0.132 e. The summed E-state index contributed by atoms with van der Waals surface area (Å²) in [5.74, 6) is 4.20. The molecule has 0 bridgehead atoms. The Morgan fingerprint density at radius 1 is 1.00 bits per heavy atom. The minimum atomic E-state index is 0.0555. The molecule has 0 spiro atoms. The van der Waals surface area contributed by atoms with Crippen LogP contribution in [0.4, 0.5) is 5.82 Å². The van der Waals surface area contributed by atoms with Crippen LogP contribution in [0, 0.1) is 11.8 Å². The molecule has 2 aromatic rings. The molecule has 6 heteroatoms. The van der Waals surface area contributed by atoms with Gasteiger partial charge in [0.15, 0.2) is 0 Å². The molecule has 5 rings (SSSR count). The molecule has 154 valence electrons. The van der Waals surface area contributed by atoms with E-state index in [4.69, 9.17) is 4.98 Å². The lowest BCUT2D eigenvalue weighted by Gasteiger charge is -2.25. The van der Waals surface area contributed by atoms with Crippen LogP contribution < -0.4 is 4.90 Å². The van der Waals surface area contributed by atoms with Gasteiger partial charge < -0.3 is 4.90 Å². The molecule has 0 radical (unpaired) electrons. The molecule has 3 aliphatic rings. The molecule has 6 nitrogen and oxygen atoms in total. The molecule has 2 unspecified atom stereocenters. The van der Waals surface area contributed by atoms with Gasteiger partial charge in [-0.25, -0.2) is 19.9 Å². The van der Waals surface area contributed by atoms with Crippen LogP contribution in [0.5, 0.6) is 0 Å². The second kappa shape index (κ2) is 7.31. The van der Waals surface area contributed by atoms with Gasteiger partial charge in [0, 0.05) is 56.3 Å². The highest BCUT2D eigenvalue weighted by Gasteiger charge is 2.40. The van der Waals surface area contributed by atoms with Crippen molar-refractivity contribution in [3.05, 3.63) is 41.9 Å². The van der Waals surface area contributed by atoms with E-state index >= 15 is 0 Å². The van der Waals surface area contributed by atoms with Crippen molar-refractivity contribution in [2.45, 2.75) is 57.9 Å². The van der Waals surface area contributed by atoms with Gasteiger partial charge >= 0.3 is 0 Å². The van der Waals surface area contributed by atoms with Crippen LogP contribution in [0.2, 0.25) is 0 Å². The monoisotopic (exact) mass is 392 g/mol. The minimum Gasteiger partial charge on any atom is -0.356 e. The maximum Gasteiger partial charge on any atom is 0.132 e. The van der Waals surface area contributed by atoms with Crippen LogP contribution in [-0.2, 0) is 12.0 Å². The first kappa shape index (κ1) is 18.9. The van der Waals surface area contributed by atoms with Crippen molar-refractivity contribution in [1.82, 2.24) is 24.8 Å². The average Bonchev–Trinajstić information content (AvgIpc) is 3.18. The molecule has 2 saturated heterocycles. The van der Waals surface area contributed by atoms with Crippen molar-refractivity contribution in [2.75, 3.05) is 31.1 Å². The summed E-state index contributed by atoms with van der Waals surface area (Å²) in [6.45, 7) is 12.1. The number of rotatable bonds is 4. The lowest BCUT2D eigenvalue weighted by Crippen LogP contribution is -2.29. The van der Waals surface area contributed by atoms with Crippen LogP contribution in [0.3, 0.4) is 0 Å². The zero-order valence-electron chi connectivity index (χ0n) is 17.9. The van der Waals surface area contributed by atoms with E-state index in [0.717, 1.165) is 61.9 Å². The fourth-order valence-electron chi connectivity index (χ4n) is 4.93. The summed E-state index contributed by atoms with van der Waals surface area (Å²) < 4.78 is 0. The van der Waals surface area contributed by atoms with Gasteiger partial charge in [0.25, 0.3) is 0 Å². The second-order valence-corrected chi connectivity index (χ2v) is 10.2. The molecule has 3 fully saturated rings. The van der Waals surface area contributed by atoms with Crippen molar-refractivity contribution < 1.29 is 0 Å². The molecule has 1 aliphatic carbocycles. The van der Waals surface area contributed by atoms with Crippen molar-refractivity contribution in [1.29, 1.82) is 0 Å². The Balaban J connectivity index is 1.20. The van der Waals surface area contributed by atoms with Crippen LogP contribution in [0.15, 0.2) is 24.7 Å². The molecule has 2 aromatic heterocycles. The highest BCUT2D eigenvalue weighted by molar-refractivity contribution is 5.42. The van der Waals surface area contributed by atoms with E-state index in [1.165, 1.54) is 25.0 Å². The molecule has 0 amide bonds. The Hall–Kier alpha value is -2.08. The fraction of sp³-hybridized carbons (Fsp3) is 0.652. The zero-order chi connectivity index (χ0) is 20.0. The number of aromatic nitrogens is 4. The maximum absolute atomic E-state index is 4.87. The number of anilines is 1. The number of nitrogens with zero attached hydrogens (tertiary/aromatic N) is 6. The summed E-state index contributed by atoms with van der Waals surface area (Å²) in [7, 11) is 0. The Morgan fingerprint density at radius 3 is 2.41 bits per heavy atom. The quantitative estimate of drug-likeness (QED) is 0.795. The SMILES string of the molecule is CC(C)(C)c1cc(N2CC3CN(Cc4ccnc(C5CCC5)n4)CC3C2)ncn1. The van der Waals surface area contributed by atoms with Gasteiger partial charge in [0.2, 0.25) is 0 Å². The van der Waals surface area contributed by atoms with Gasteiger partial charge in [0.1, 0.15) is 18.0 Å². The van der Waals surface area contributed by atoms with E-state index in [1.807, 2.05) is 6.20 Å². The molecule has 0 N–H and O–H groups in total. The summed E-state index contributed by atoms with van der Waals surface area (Å²) in [4.78, 5) is 23.5. The molecular formula is C23H32N6. The third-order valence-corrected chi connectivity index (χ3v) is 6.89. The average molecular weight is 393 g/mol. The normalized spacial score (nSPS) is 25.3. The number of fused-ring (bicyclic) bond motifs is 1. The third kappa shape index (κ3) is 3.87. The van der Waals surface area contributed by atoms with E-state index < -0.39 is 0 Å². The van der Waals surface area contributed by atoms with Crippen molar-refractivity contribution in [3.63, 3.8) is 0 Å². The van der Waals surface area contributed by atoms with Gasteiger partial charge in [-0.05, 0) is 30.7 Å². The van der Waals surface area contributed by atoms with E-state index in [0.29, 0.717) is 5.92 Å². The first-order chi connectivity index (χ1) is 14.0. The Labute approximate surface area is 173 Å². The van der Waals surface area contributed by atoms with Crippen LogP contribution in [-0.4, -0.2) is 51.0 Å². The summed E-state index contributed by atoms with van der Waals surface area (Å²) in [5, 5.41) is 0. The van der Waals surface area contributed by atoms with Gasteiger partial charge in [0.05, 0.1) is 11.4 Å². The third-order valence-electron chi connectivity index (χ3n) is 6.89. The van der Waals surface area contributed by atoms with E-state index in [-0.39, 0.29) is 5.41 Å². The lowest BCUT2D eigenvalue weighted by atomic mass is 9.85. The lowest BCUT2D eigenvalue weighted by molar-refractivity contribution is 0.303. The van der Waals surface area contributed by atoms with Gasteiger partial charge in [-0.1, -0.05) is 27.2 Å². The fourth-order valence-corrected chi connectivity index (χ4v) is 4.93. The molecule has 1 saturated carbocycles. The zero-order valence-corrected chi connectivity index (χ0v) is 17.9. The van der Waals surface area contributed by atoms with Gasteiger partial charge in [-0.2, -0.15) is 0 Å². The van der Waals surface area contributed by atoms with Crippen LogP contribution in [0.1, 0.15) is 63.2 Å². The van der Waals surface area contributed by atoms with Crippen LogP contribution in [0.25, 0.3) is 0 Å². The highest BCUT2D eigenvalue weighted by atomic mass is 15.3. The molecule has 4 heterocycles. The molecule has 29 heavy (non-hydrogen) atoms. The Kier molecular flexibility index (Phi) is 4.77. The predicted octanol–water partition coefficient (Wildman–Crippen LogP) is 3.40.